The van der Waals surface area contributed by atoms with Gasteiger partial charge in [-0.1, -0.05) is 42.1 Å². The summed E-state index contributed by atoms with van der Waals surface area (Å²) in [6.07, 6.45) is 0. The van der Waals surface area contributed by atoms with Crippen LogP contribution in [0.15, 0.2) is 77.8 Å². The molecule has 34 heavy (non-hydrogen) atoms. The lowest BCUT2D eigenvalue weighted by atomic mass is 10.1. The topological polar surface area (TPSA) is 80.3 Å². The van der Waals surface area contributed by atoms with Crippen LogP contribution >= 0.6 is 11.8 Å². The molecule has 1 heterocycles. The number of anilines is 2. The summed E-state index contributed by atoms with van der Waals surface area (Å²) in [5.74, 6) is 0.426. The normalized spacial score (nSPS) is 10.7. The summed E-state index contributed by atoms with van der Waals surface area (Å²) in [6.45, 7) is 4.09. The second-order valence-corrected chi connectivity index (χ2v) is 8.81. The molecule has 0 spiro atoms. The molecule has 6 nitrogen and oxygen atoms in total. The largest absolute Gasteiger partial charge is 0.495 e. The van der Waals surface area contributed by atoms with Crippen LogP contribution in [0.2, 0.25) is 0 Å². The number of rotatable bonds is 7. The molecule has 0 saturated heterocycles. The number of carbonyl (C=O) groups is 2. The van der Waals surface area contributed by atoms with Crippen LogP contribution in [-0.4, -0.2) is 29.7 Å². The Hall–Kier alpha value is -3.84. The molecule has 0 aliphatic carbocycles. The van der Waals surface area contributed by atoms with Gasteiger partial charge in [-0.2, -0.15) is 0 Å². The van der Waals surface area contributed by atoms with Gasteiger partial charge in [-0.05, 0) is 67.4 Å². The molecule has 0 saturated carbocycles. The Morgan fingerprint density at radius 3 is 2.44 bits per heavy atom. The van der Waals surface area contributed by atoms with Gasteiger partial charge < -0.3 is 15.4 Å². The molecule has 4 aromatic rings. The van der Waals surface area contributed by atoms with E-state index in [1.54, 1.807) is 43.5 Å². The maximum atomic E-state index is 12.6. The summed E-state index contributed by atoms with van der Waals surface area (Å²) in [4.78, 5) is 29.8. The summed E-state index contributed by atoms with van der Waals surface area (Å²) >= 11 is 1.40. The minimum absolute atomic E-state index is 0.138. The Kier molecular flexibility index (Phi) is 7.13. The van der Waals surface area contributed by atoms with Gasteiger partial charge in [-0.15, -0.1) is 0 Å². The van der Waals surface area contributed by atoms with Crippen LogP contribution in [0.4, 0.5) is 11.4 Å². The smallest absolute Gasteiger partial charge is 0.255 e. The summed E-state index contributed by atoms with van der Waals surface area (Å²) < 4.78 is 5.26. The molecule has 0 atom stereocenters. The molecule has 7 heteroatoms. The molecule has 1 aromatic heterocycles. The Morgan fingerprint density at radius 2 is 1.68 bits per heavy atom. The van der Waals surface area contributed by atoms with Gasteiger partial charge in [0.25, 0.3) is 5.91 Å². The van der Waals surface area contributed by atoms with Crippen LogP contribution in [0.25, 0.3) is 10.9 Å². The van der Waals surface area contributed by atoms with Crippen molar-refractivity contribution in [3.63, 3.8) is 0 Å². The van der Waals surface area contributed by atoms with Crippen LogP contribution < -0.4 is 15.4 Å². The number of nitrogens with one attached hydrogen (secondary N) is 2. The van der Waals surface area contributed by atoms with E-state index in [0.717, 1.165) is 27.1 Å². The average Bonchev–Trinajstić information content (AvgIpc) is 2.84. The molecule has 0 radical (unpaired) electrons. The van der Waals surface area contributed by atoms with Gasteiger partial charge in [0.05, 0.1) is 29.1 Å². The highest BCUT2D eigenvalue weighted by atomic mass is 32.2. The first kappa shape index (κ1) is 23.3. The van der Waals surface area contributed by atoms with Crippen molar-refractivity contribution in [1.82, 2.24) is 4.98 Å². The molecule has 3 aromatic carbocycles. The van der Waals surface area contributed by atoms with Crippen LogP contribution in [0.5, 0.6) is 5.75 Å². The Morgan fingerprint density at radius 1 is 0.912 bits per heavy atom. The van der Waals surface area contributed by atoms with E-state index >= 15 is 0 Å². The highest BCUT2D eigenvalue weighted by Gasteiger charge is 2.11. The predicted octanol–water partition coefficient (Wildman–Crippen LogP) is 5.84. The van der Waals surface area contributed by atoms with Crippen molar-refractivity contribution in [3.05, 3.63) is 89.5 Å². The van der Waals surface area contributed by atoms with Crippen LogP contribution in [0.1, 0.15) is 21.5 Å². The second-order valence-electron chi connectivity index (χ2n) is 7.82. The number of aryl methyl sites for hydroxylation is 2. The number of aromatic nitrogens is 1. The second kappa shape index (κ2) is 10.4. The third-order valence-corrected chi connectivity index (χ3v) is 6.27. The van der Waals surface area contributed by atoms with E-state index in [1.807, 2.05) is 37.3 Å². The zero-order chi connectivity index (χ0) is 24.1. The van der Waals surface area contributed by atoms with Crippen molar-refractivity contribution < 1.29 is 14.3 Å². The highest BCUT2D eigenvalue weighted by Crippen LogP contribution is 2.26. The number of thioether (sulfide) groups is 1. The lowest BCUT2D eigenvalue weighted by Gasteiger charge is -2.11. The first-order valence-corrected chi connectivity index (χ1v) is 11.8. The number of ether oxygens (including phenoxy) is 1. The number of hydrogen-bond donors (Lipinski definition) is 2. The Balaban J connectivity index is 1.35. The number of fused-ring (bicyclic) bond motifs is 1. The van der Waals surface area contributed by atoms with Gasteiger partial charge in [0.2, 0.25) is 5.91 Å². The van der Waals surface area contributed by atoms with E-state index in [4.69, 9.17) is 9.72 Å². The quantitative estimate of drug-likeness (QED) is 0.331. The molecule has 0 aliphatic heterocycles. The molecule has 0 unspecified atom stereocenters. The minimum Gasteiger partial charge on any atom is -0.495 e. The first-order valence-electron chi connectivity index (χ1n) is 10.8. The molecule has 4 rings (SSSR count). The van der Waals surface area contributed by atoms with Gasteiger partial charge in [-0.25, -0.2) is 4.98 Å². The summed E-state index contributed by atoms with van der Waals surface area (Å²) in [5.41, 5.74) is 4.91. The van der Waals surface area contributed by atoms with Crippen LogP contribution in [0, 0.1) is 13.8 Å². The van der Waals surface area contributed by atoms with Gasteiger partial charge >= 0.3 is 0 Å². The number of hydrogen-bond acceptors (Lipinski definition) is 5. The van der Waals surface area contributed by atoms with E-state index in [-0.39, 0.29) is 17.6 Å². The molecule has 0 fully saturated rings. The Labute approximate surface area is 202 Å². The van der Waals surface area contributed by atoms with Crippen molar-refractivity contribution in [2.75, 3.05) is 23.5 Å². The number of methoxy groups -OCH3 is 1. The standard InChI is InChI=1S/C27H25N3O3S/c1-17-7-6-8-21-18(2)15-25(30-26(17)21)34-16-24(31)28-20-13-11-19(12-14-20)27(32)29-22-9-4-5-10-23(22)33-3/h4-15H,16H2,1-3H3,(H,28,31)(H,29,32). The Bertz CT molecular complexity index is 1350. The molecule has 172 valence electrons. The van der Waals surface area contributed by atoms with Gasteiger partial charge in [0.1, 0.15) is 5.75 Å². The maximum absolute atomic E-state index is 12.6. The van der Waals surface area contributed by atoms with Gasteiger partial charge in [0, 0.05) is 16.6 Å². The predicted molar refractivity (Wildman–Crippen MR) is 138 cm³/mol. The van der Waals surface area contributed by atoms with Crippen LogP contribution in [-0.2, 0) is 4.79 Å². The lowest BCUT2D eigenvalue weighted by Crippen LogP contribution is -2.15. The minimum atomic E-state index is -0.258. The van der Waals surface area contributed by atoms with E-state index in [9.17, 15) is 9.59 Å². The number of benzene rings is 3. The number of para-hydroxylation sites is 3. The highest BCUT2D eigenvalue weighted by molar-refractivity contribution is 7.99. The van der Waals surface area contributed by atoms with Gasteiger partial charge in [-0.3, -0.25) is 9.59 Å². The number of carbonyl (C=O) groups excluding carboxylic acids is 2. The fourth-order valence-electron chi connectivity index (χ4n) is 3.59. The fourth-order valence-corrected chi connectivity index (χ4v) is 4.36. The molecule has 0 bridgehead atoms. The SMILES string of the molecule is COc1ccccc1NC(=O)c1ccc(NC(=O)CSc2cc(C)c3cccc(C)c3n2)cc1. The summed E-state index contributed by atoms with van der Waals surface area (Å²) in [6, 6.07) is 22.1. The first-order chi connectivity index (χ1) is 16.4. The monoisotopic (exact) mass is 471 g/mol. The fraction of sp³-hybridized carbons (Fsp3) is 0.148. The molecule has 2 N–H and O–H groups in total. The van der Waals surface area contributed by atoms with E-state index in [2.05, 4.69) is 23.6 Å². The number of nitrogens with zero attached hydrogens (tertiary/aromatic N) is 1. The lowest BCUT2D eigenvalue weighted by molar-refractivity contribution is -0.113. The van der Waals surface area contributed by atoms with Crippen LogP contribution in [0.3, 0.4) is 0 Å². The third-order valence-electron chi connectivity index (χ3n) is 5.36. The van der Waals surface area contributed by atoms with E-state index < -0.39 is 0 Å². The average molecular weight is 472 g/mol. The van der Waals surface area contributed by atoms with Crippen molar-refractivity contribution in [2.45, 2.75) is 18.9 Å². The summed E-state index contributed by atoms with van der Waals surface area (Å²) in [7, 11) is 1.55. The number of amides is 2. The molecular formula is C27H25N3O3S. The maximum Gasteiger partial charge on any atom is 0.255 e. The van der Waals surface area contributed by atoms with Gasteiger partial charge in [0.15, 0.2) is 0 Å². The zero-order valence-electron chi connectivity index (χ0n) is 19.2. The molecular weight excluding hydrogens is 446 g/mol. The van der Waals surface area contributed by atoms with Crippen molar-refractivity contribution in [1.29, 1.82) is 0 Å². The molecule has 2 amide bonds. The molecule has 0 aliphatic rings. The number of pyridine rings is 1. The van der Waals surface area contributed by atoms with Crippen molar-refractivity contribution in [2.24, 2.45) is 0 Å². The van der Waals surface area contributed by atoms with Crippen molar-refractivity contribution >= 4 is 45.9 Å². The van der Waals surface area contributed by atoms with E-state index in [0.29, 0.717) is 22.7 Å². The third kappa shape index (κ3) is 5.38. The van der Waals surface area contributed by atoms with Crippen molar-refractivity contribution in [3.8, 4) is 5.75 Å². The zero-order valence-corrected chi connectivity index (χ0v) is 20.0. The van der Waals surface area contributed by atoms with E-state index in [1.165, 1.54) is 11.8 Å². The summed E-state index contributed by atoms with van der Waals surface area (Å²) in [5, 5.41) is 7.65.